The average Bonchev–Trinajstić information content (AvgIpc) is 2.71. The molecule has 0 bridgehead atoms. The summed E-state index contributed by atoms with van der Waals surface area (Å²) in [5, 5.41) is 36.9. The van der Waals surface area contributed by atoms with E-state index in [2.05, 4.69) is 21.3 Å². The number of nitrogen functional groups attached to an aromatic ring is 1. The van der Waals surface area contributed by atoms with E-state index in [4.69, 9.17) is 15.9 Å². The number of carbonyl (C=O) groups excluding carboxylic acids is 3. The topological polar surface area (TPSA) is 199 Å². The fraction of sp³-hybridized carbons (Fsp3) is 0.500. The summed E-state index contributed by atoms with van der Waals surface area (Å²) in [4.78, 5) is 35.9. The molecule has 1 rings (SSSR count). The molecule has 0 fully saturated rings. The Labute approximate surface area is 186 Å². The molecule has 0 spiro atoms. The molecule has 0 saturated heterocycles. The smallest absolute Gasteiger partial charge is 0.407 e. The highest BCUT2D eigenvalue weighted by atomic mass is 16.6. The second-order valence-electron chi connectivity index (χ2n) is 7.86. The van der Waals surface area contributed by atoms with Crippen molar-refractivity contribution in [3.05, 3.63) is 29.8 Å². The first-order valence-corrected chi connectivity index (χ1v) is 9.94. The number of nitrogens with one attached hydrogen (secondary N) is 5. The Morgan fingerprint density at radius 1 is 1.16 bits per heavy atom. The molecule has 0 aromatic heterocycles. The van der Waals surface area contributed by atoms with Crippen LogP contribution in [0.5, 0.6) is 0 Å². The van der Waals surface area contributed by atoms with Gasteiger partial charge in [-0.15, -0.1) is 0 Å². The third-order valence-electron chi connectivity index (χ3n) is 3.89. The third kappa shape index (κ3) is 10.1. The molecular formula is C20H32N6O6. The number of carbonyl (C=O) groups is 3. The summed E-state index contributed by atoms with van der Waals surface area (Å²) in [6.45, 7) is 4.36. The number of hydrogen-bond donors (Lipinski definition) is 8. The highest BCUT2D eigenvalue weighted by Gasteiger charge is 2.26. The van der Waals surface area contributed by atoms with Gasteiger partial charge in [-0.05, 0) is 32.9 Å². The molecule has 1 aromatic rings. The molecule has 0 aliphatic rings. The average molecular weight is 453 g/mol. The lowest BCUT2D eigenvalue weighted by Crippen LogP contribution is -2.51. The molecule has 9 N–H and O–H groups in total. The first-order chi connectivity index (χ1) is 14.9. The number of amides is 3. The van der Waals surface area contributed by atoms with Gasteiger partial charge >= 0.3 is 6.09 Å². The number of anilines is 1. The minimum atomic E-state index is -1.45. The van der Waals surface area contributed by atoms with Gasteiger partial charge in [0.1, 0.15) is 23.6 Å². The van der Waals surface area contributed by atoms with Crippen molar-refractivity contribution < 1.29 is 29.3 Å². The predicted molar refractivity (Wildman–Crippen MR) is 118 cm³/mol. The fourth-order valence-corrected chi connectivity index (χ4v) is 2.42. The Morgan fingerprint density at radius 3 is 2.41 bits per heavy atom. The molecule has 12 nitrogen and oxygen atoms in total. The van der Waals surface area contributed by atoms with Crippen molar-refractivity contribution in [3.8, 4) is 0 Å². The number of rotatable bonds is 11. The van der Waals surface area contributed by atoms with Crippen molar-refractivity contribution in [2.24, 2.45) is 5.73 Å². The molecule has 0 aliphatic heterocycles. The minimum Gasteiger partial charge on any atom is -0.444 e. The van der Waals surface area contributed by atoms with Gasteiger partial charge < -0.3 is 42.0 Å². The molecule has 32 heavy (non-hydrogen) atoms. The van der Waals surface area contributed by atoms with Gasteiger partial charge in [0.15, 0.2) is 0 Å². The van der Waals surface area contributed by atoms with Crippen molar-refractivity contribution in [1.82, 2.24) is 16.0 Å². The zero-order chi connectivity index (χ0) is 24.3. The second-order valence-corrected chi connectivity index (χ2v) is 7.86. The standard InChI is InChI=1S/C20H32N6O6/c1-20(2,3)32-19(31)24-8-7-23-15(29)10-25-18(30)16(14(28)11-27)26-13-6-4-5-12(9-13)17(21)22/h4-6,9,14,16,26-28H,7-8,10-11H2,1-3H3,(H3,21,22)(H,23,29)(H,24,31)(H,25,30). The van der Waals surface area contributed by atoms with Crippen LogP contribution >= 0.6 is 0 Å². The Hall–Kier alpha value is -3.38. The highest BCUT2D eigenvalue weighted by molar-refractivity contribution is 5.96. The van der Waals surface area contributed by atoms with E-state index in [0.29, 0.717) is 11.3 Å². The maximum atomic E-state index is 12.5. The van der Waals surface area contributed by atoms with E-state index in [1.165, 1.54) is 6.07 Å². The van der Waals surface area contributed by atoms with Crippen molar-refractivity contribution in [3.63, 3.8) is 0 Å². The lowest BCUT2D eigenvalue weighted by molar-refractivity contribution is -0.128. The first kappa shape index (κ1) is 26.7. The van der Waals surface area contributed by atoms with Crippen LogP contribution in [0.2, 0.25) is 0 Å². The number of ether oxygens (including phenoxy) is 1. The lowest BCUT2D eigenvalue weighted by Gasteiger charge is -2.23. The predicted octanol–water partition coefficient (Wildman–Crippen LogP) is -1.14. The van der Waals surface area contributed by atoms with Gasteiger partial charge in [-0.2, -0.15) is 0 Å². The van der Waals surface area contributed by atoms with Gasteiger partial charge in [0.2, 0.25) is 11.8 Å². The molecule has 0 heterocycles. The number of nitrogens with two attached hydrogens (primary N) is 1. The van der Waals surface area contributed by atoms with Gasteiger partial charge in [0.25, 0.3) is 0 Å². The Bertz CT molecular complexity index is 810. The fourth-order valence-electron chi connectivity index (χ4n) is 2.42. The molecule has 12 heteroatoms. The van der Waals surface area contributed by atoms with Crippen LogP contribution in [0.25, 0.3) is 0 Å². The van der Waals surface area contributed by atoms with Crippen LogP contribution < -0.4 is 27.0 Å². The summed E-state index contributed by atoms with van der Waals surface area (Å²) < 4.78 is 5.06. The van der Waals surface area contributed by atoms with Crippen molar-refractivity contribution in [2.75, 3.05) is 31.6 Å². The lowest BCUT2D eigenvalue weighted by atomic mass is 10.1. The Balaban J connectivity index is 2.52. The third-order valence-corrected chi connectivity index (χ3v) is 3.89. The van der Waals surface area contributed by atoms with Crippen molar-refractivity contribution in [1.29, 1.82) is 5.41 Å². The number of benzene rings is 1. The van der Waals surface area contributed by atoms with Gasteiger partial charge in [0, 0.05) is 24.3 Å². The maximum Gasteiger partial charge on any atom is 0.407 e. The number of aliphatic hydroxyl groups is 2. The maximum absolute atomic E-state index is 12.5. The summed E-state index contributed by atoms with van der Waals surface area (Å²) >= 11 is 0. The van der Waals surface area contributed by atoms with Crippen LogP contribution in [0.4, 0.5) is 10.5 Å². The molecule has 3 amide bonds. The minimum absolute atomic E-state index is 0.118. The van der Waals surface area contributed by atoms with E-state index in [9.17, 15) is 24.6 Å². The van der Waals surface area contributed by atoms with E-state index in [0.717, 1.165) is 0 Å². The molecule has 0 radical (unpaired) electrons. The van der Waals surface area contributed by atoms with E-state index < -0.39 is 42.3 Å². The second kappa shape index (κ2) is 12.5. The normalized spacial score (nSPS) is 12.8. The highest BCUT2D eigenvalue weighted by Crippen LogP contribution is 2.13. The summed E-state index contributed by atoms with van der Waals surface area (Å²) in [5.74, 6) is -1.41. The van der Waals surface area contributed by atoms with Crippen LogP contribution in [-0.4, -0.2) is 77.9 Å². The molecule has 2 atom stereocenters. The summed E-state index contributed by atoms with van der Waals surface area (Å²) in [5.41, 5.74) is 5.62. The van der Waals surface area contributed by atoms with Crippen LogP contribution in [0.1, 0.15) is 26.3 Å². The van der Waals surface area contributed by atoms with E-state index in [-0.39, 0.29) is 25.5 Å². The number of alkyl carbamates (subject to hydrolysis) is 1. The van der Waals surface area contributed by atoms with Crippen LogP contribution in [0, 0.1) is 5.41 Å². The number of hydrogen-bond acceptors (Lipinski definition) is 8. The Kier molecular flexibility index (Phi) is 10.4. The zero-order valence-corrected chi connectivity index (χ0v) is 18.4. The number of amidine groups is 1. The van der Waals surface area contributed by atoms with Gasteiger partial charge in [-0.3, -0.25) is 15.0 Å². The summed E-state index contributed by atoms with van der Waals surface area (Å²) in [6, 6.07) is 5.06. The van der Waals surface area contributed by atoms with Gasteiger partial charge in [-0.25, -0.2) is 4.79 Å². The SMILES string of the molecule is CC(C)(C)OC(=O)NCCNC(=O)CNC(=O)C(Nc1cccc(C(=N)N)c1)C(O)CO. The van der Waals surface area contributed by atoms with Gasteiger partial charge in [-0.1, -0.05) is 12.1 Å². The Morgan fingerprint density at radius 2 is 1.81 bits per heavy atom. The first-order valence-electron chi connectivity index (χ1n) is 9.94. The van der Waals surface area contributed by atoms with Gasteiger partial charge in [0.05, 0.1) is 13.2 Å². The molecular weight excluding hydrogens is 420 g/mol. The van der Waals surface area contributed by atoms with Crippen molar-refractivity contribution in [2.45, 2.75) is 38.5 Å². The van der Waals surface area contributed by atoms with E-state index in [1.54, 1.807) is 39.0 Å². The largest absolute Gasteiger partial charge is 0.444 e. The zero-order valence-electron chi connectivity index (χ0n) is 18.4. The molecule has 178 valence electrons. The molecule has 0 saturated carbocycles. The number of aliphatic hydroxyl groups excluding tert-OH is 2. The molecule has 2 unspecified atom stereocenters. The summed E-state index contributed by atoms with van der Waals surface area (Å²) in [7, 11) is 0. The van der Waals surface area contributed by atoms with Crippen molar-refractivity contribution >= 4 is 29.4 Å². The quantitative estimate of drug-likeness (QED) is 0.117. The monoisotopic (exact) mass is 452 g/mol. The van der Waals surface area contributed by atoms with Crippen LogP contribution in [0.3, 0.4) is 0 Å². The molecule has 0 aliphatic carbocycles. The summed E-state index contributed by atoms with van der Waals surface area (Å²) in [6.07, 6.45) is -2.06. The van der Waals surface area contributed by atoms with Crippen LogP contribution in [-0.2, 0) is 14.3 Å². The molecule has 1 aromatic carbocycles. The van der Waals surface area contributed by atoms with E-state index in [1.807, 2.05) is 0 Å². The van der Waals surface area contributed by atoms with Crippen LogP contribution in [0.15, 0.2) is 24.3 Å². The van der Waals surface area contributed by atoms with E-state index >= 15 is 0 Å².